The van der Waals surface area contributed by atoms with Crippen LogP contribution >= 0.6 is 11.6 Å². The van der Waals surface area contributed by atoms with E-state index >= 15 is 0 Å². The van der Waals surface area contributed by atoms with Crippen molar-refractivity contribution in [2.24, 2.45) is 0 Å². The van der Waals surface area contributed by atoms with Crippen molar-refractivity contribution in [2.75, 3.05) is 31.6 Å². The fourth-order valence-corrected chi connectivity index (χ4v) is 2.96. The van der Waals surface area contributed by atoms with E-state index in [0.29, 0.717) is 42.3 Å². The van der Waals surface area contributed by atoms with E-state index in [1.807, 2.05) is 0 Å². The van der Waals surface area contributed by atoms with Crippen LogP contribution in [0, 0.1) is 0 Å². The van der Waals surface area contributed by atoms with Gasteiger partial charge in [0.25, 0.3) is 5.91 Å². The van der Waals surface area contributed by atoms with Crippen LogP contribution in [-0.4, -0.2) is 44.5 Å². The molecule has 0 unspecified atom stereocenters. The van der Waals surface area contributed by atoms with Crippen LogP contribution in [0.3, 0.4) is 0 Å². The van der Waals surface area contributed by atoms with E-state index in [9.17, 15) is 13.2 Å². The summed E-state index contributed by atoms with van der Waals surface area (Å²) >= 11 is 5.77. The van der Waals surface area contributed by atoms with E-state index < -0.39 is 10.0 Å². The van der Waals surface area contributed by atoms with Crippen molar-refractivity contribution in [3.63, 3.8) is 0 Å². The molecule has 0 atom stereocenters. The van der Waals surface area contributed by atoms with Crippen LogP contribution in [0.5, 0.6) is 0 Å². The zero-order valence-corrected chi connectivity index (χ0v) is 13.7. The molecule has 8 heteroatoms. The Morgan fingerprint density at radius 2 is 2.10 bits per heavy atom. The molecule has 0 spiro atoms. The Morgan fingerprint density at radius 1 is 1.43 bits per heavy atom. The maximum Gasteiger partial charge on any atom is 0.253 e. The maximum absolute atomic E-state index is 11.9. The van der Waals surface area contributed by atoms with Gasteiger partial charge >= 0.3 is 0 Å². The summed E-state index contributed by atoms with van der Waals surface area (Å²) < 4.78 is 24.2. The lowest BCUT2D eigenvalue weighted by Gasteiger charge is -2.17. The summed E-state index contributed by atoms with van der Waals surface area (Å²) in [6.07, 6.45) is 1.70. The van der Waals surface area contributed by atoms with E-state index in [1.165, 1.54) is 16.6 Å². The number of nitrogen functional groups attached to an aromatic ring is 1. The second kappa shape index (κ2) is 7.63. The highest BCUT2D eigenvalue weighted by molar-refractivity contribution is 7.88. The molecule has 0 aliphatic carbocycles. The minimum atomic E-state index is -3.19. The predicted octanol–water partition coefficient (Wildman–Crippen LogP) is 1.32. The Labute approximate surface area is 130 Å². The van der Waals surface area contributed by atoms with Crippen LogP contribution in [0.1, 0.15) is 23.7 Å². The molecule has 21 heavy (non-hydrogen) atoms. The number of sulfonamides is 1. The van der Waals surface area contributed by atoms with Crippen molar-refractivity contribution in [3.05, 3.63) is 28.8 Å². The van der Waals surface area contributed by atoms with Crippen molar-refractivity contribution >= 4 is 33.2 Å². The van der Waals surface area contributed by atoms with Gasteiger partial charge in [-0.1, -0.05) is 18.5 Å². The van der Waals surface area contributed by atoms with Gasteiger partial charge in [-0.3, -0.25) is 4.79 Å². The second-order valence-electron chi connectivity index (χ2n) is 4.60. The third-order valence-electron chi connectivity index (χ3n) is 2.95. The molecule has 6 nitrogen and oxygen atoms in total. The Balaban J connectivity index is 2.47. The maximum atomic E-state index is 11.9. The molecule has 0 fully saturated rings. The van der Waals surface area contributed by atoms with E-state index in [2.05, 4.69) is 5.32 Å². The van der Waals surface area contributed by atoms with Crippen LogP contribution in [0.15, 0.2) is 18.2 Å². The normalized spacial score (nSPS) is 11.6. The molecular weight excluding hydrogens is 314 g/mol. The summed E-state index contributed by atoms with van der Waals surface area (Å²) in [5, 5.41) is 3.17. The highest BCUT2D eigenvalue weighted by Gasteiger charge is 2.14. The molecule has 1 aromatic carbocycles. The van der Waals surface area contributed by atoms with Gasteiger partial charge in [-0.15, -0.1) is 0 Å². The van der Waals surface area contributed by atoms with Crippen LogP contribution in [0.25, 0.3) is 0 Å². The average molecular weight is 334 g/mol. The number of hydrogen-bond donors (Lipinski definition) is 2. The first-order valence-electron chi connectivity index (χ1n) is 6.54. The molecule has 3 N–H and O–H groups in total. The van der Waals surface area contributed by atoms with Crippen LogP contribution < -0.4 is 11.1 Å². The molecule has 0 radical (unpaired) electrons. The SMILES string of the molecule is CCN(CCCNC(=O)c1ccc(Cl)cc1N)S(C)(=O)=O. The van der Waals surface area contributed by atoms with Gasteiger partial charge in [0.1, 0.15) is 0 Å². The summed E-state index contributed by atoms with van der Waals surface area (Å²) in [6.45, 7) is 2.92. The Kier molecular flexibility index (Phi) is 6.44. The second-order valence-corrected chi connectivity index (χ2v) is 7.01. The summed E-state index contributed by atoms with van der Waals surface area (Å²) in [7, 11) is -3.19. The minimum absolute atomic E-state index is 0.299. The number of rotatable bonds is 7. The smallest absolute Gasteiger partial charge is 0.253 e. The van der Waals surface area contributed by atoms with Crippen LogP contribution in [0.4, 0.5) is 5.69 Å². The van der Waals surface area contributed by atoms with E-state index in [0.717, 1.165) is 0 Å². The molecule has 0 saturated heterocycles. The Bertz CT molecular complexity index is 605. The van der Waals surface area contributed by atoms with E-state index in [1.54, 1.807) is 19.1 Å². The quantitative estimate of drug-likeness (QED) is 0.581. The third kappa shape index (κ3) is 5.53. The molecule has 0 saturated carbocycles. The number of carbonyl (C=O) groups is 1. The largest absolute Gasteiger partial charge is 0.398 e. The fraction of sp³-hybridized carbons (Fsp3) is 0.462. The third-order valence-corrected chi connectivity index (χ3v) is 4.56. The van der Waals surface area contributed by atoms with E-state index in [-0.39, 0.29) is 5.91 Å². The van der Waals surface area contributed by atoms with Crippen LogP contribution in [-0.2, 0) is 10.0 Å². The van der Waals surface area contributed by atoms with Gasteiger partial charge in [0.15, 0.2) is 0 Å². The van der Waals surface area contributed by atoms with Gasteiger partial charge in [0, 0.05) is 30.3 Å². The zero-order valence-electron chi connectivity index (χ0n) is 12.1. The highest BCUT2D eigenvalue weighted by Crippen LogP contribution is 2.17. The van der Waals surface area contributed by atoms with Crippen LogP contribution in [0.2, 0.25) is 5.02 Å². The van der Waals surface area contributed by atoms with Gasteiger partial charge in [-0.2, -0.15) is 0 Å². The number of anilines is 1. The molecule has 0 aliphatic rings. The predicted molar refractivity (Wildman–Crippen MR) is 84.9 cm³/mol. The molecule has 0 aliphatic heterocycles. The summed E-state index contributed by atoms with van der Waals surface area (Å²) in [5.74, 6) is -0.299. The minimum Gasteiger partial charge on any atom is -0.398 e. The van der Waals surface area contributed by atoms with Crippen molar-refractivity contribution in [1.29, 1.82) is 0 Å². The number of nitrogens with one attached hydrogen (secondary N) is 1. The first-order valence-corrected chi connectivity index (χ1v) is 8.76. The lowest BCUT2D eigenvalue weighted by molar-refractivity contribution is 0.0953. The number of nitrogens with two attached hydrogens (primary N) is 1. The summed E-state index contributed by atoms with van der Waals surface area (Å²) in [6, 6.07) is 4.66. The number of halogens is 1. The summed E-state index contributed by atoms with van der Waals surface area (Å²) in [4.78, 5) is 11.9. The topological polar surface area (TPSA) is 92.5 Å². The Morgan fingerprint density at radius 3 is 2.62 bits per heavy atom. The number of amides is 1. The number of hydrogen-bond acceptors (Lipinski definition) is 4. The lowest BCUT2D eigenvalue weighted by atomic mass is 10.1. The molecule has 0 aromatic heterocycles. The average Bonchev–Trinajstić information content (AvgIpc) is 2.36. The van der Waals surface area contributed by atoms with Crippen molar-refractivity contribution in [2.45, 2.75) is 13.3 Å². The molecular formula is C13H20ClN3O3S. The lowest BCUT2D eigenvalue weighted by Crippen LogP contribution is -2.33. The number of nitrogens with zero attached hydrogens (tertiary/aromatic N) is 1. The van der Waals surface area contributed by atoms with E-state index in [4.69, 9.17) is 17.3 Å². The molecule has 1 rings (SSSR count). The van der Waals surface area contributed by atoms with Crippen molar-refractivity contribution in [1.82, 2.24) is 9.62 Å². The summed E-state index contributed by atoms with van der Waals surface area (Å²) in [5.41, 5.74) is 6.39. The molecule has 118 valence electrons. The standard InChI is InChI=1S/C13H20ClN3O3S/c1-3-17(21(2,19)20)8-4-7-16-13(18)11-6-5-10(14)9-12(11)15/h5-6,9H,3-4,7-8,15H2,1-2H3,(H,16,18). The first-order chi connectivity index (χ1) is 9.75. The molecule has 0 bridgehead atoms. The van der Waals surface area contributed by atoms with Gasteiger partial charge in [-0.05, 0) is 24.6 Å². The molecule has 1 aromatic rings. The molecule has 0 heterocycles. The van der Waals surface area contributed by atoms with Gasteiger partial charge in [0.05, 0.1) is 11.8 Å². The van der Waals surface area contributed by atoms with Crippen molar-refractivity contribution in [3.8, 4) is 0 Å². The highest BCUT2D eigenvalue weighted by atomic mass is 35.5. The zero-order chi connectivity index (χ0) is 16.0. The van der Waals surface area contributed by atoms with Crippen molar-refractivity contribution < 1.29 is 13.2 Å². The fourth-order valence-electron chi connectivity index (χ4n) is 1.85. The Hall–Kier alpha value is -1.31. The van der Waals surface area contributed by atoms with Gasteiger partial charge in [0.2, 0.25) is 10.0 Å². The number of carbonyl (C=O) groups excluding carboxylic acids is 1. The molecule has 1 amide bonds. The number of benzene rings is 1. The first kappa shape index (κ1) is 17.7. The monoisotopic (exact) mass is 333 g/mol. The van der Waals surface area contributed by atoms with Gasteiger partial charge < -0.3 is 11.1 Å². The van der Waals surface area contributed by atoms with Gasteiger partial charge in [-0.25, -0.2) is 12.7 Å².